The van der Waals surface area contributed by atoms with Gasteiger partial charge in [0.05, 0.1) is 5.69 Å². The molecule has 0 radical (unpaired) electrons. The molecule has 0 N–H and O–H groups in total. The van der Waals surface area contributed by atoms with E-state index in [-0.39, 0.29) is 11.8 Å². The monoisotopic (exact) mass is 474 g/mol. The molecule has 0 saturated carbocycles. The van der Waals surface area contributed by atoms with Crippen LogP contribution in [0.25, 0.3) is 5.65 Å². The highest BCUT2D eigenvalue weighted by atomic mass is 16.5. The van der Waals surface area contributed by atoms with Crippen LogP contribution < -0.4 is 4.74 Å². The van der Waals surface area contributed by atoms with E-state index in [2.05, 4.69) is 16.8 Å². The average Bonchev–Trinajstić information content (AvgIpc) is 3.09. The standard InChI is InChI=1S/C28H34N4O3/c1-21-6-11-26-29-24(19-32(26)18-21)20-35-25-9-7-22(8-10-25)27(33)31-16-12-23(13-17-31)28(34)30-14-4-2-3-5-15-30/h6-11,18-19,23H,2-5,12-17,20H2,1H3. The molecule has 2 fully saturated rings. The highest BCUT2D eigenvalue weighted by molar-refractivity contribution is 5.94. The van der Waals surface area contributed by atoms with Gasteiger partial charge >= 0.3 is 0 Å². The number of ether oxygens (including phenoxy) is 1. The first-order chi connectivity index (χ1) is 17.1. The van der Waals surface area contributed by atoms with Crippen molar-refractivity contribution in [2.45, 2.75) is 52.1 Å². The van der Waals surface area contributed by atoms with Crippen molar-refractivity contribution in [1.29, 1.82) is 0 Å². The number of likely N-dealkylation sites (tertiary alicyclic amines) is 2. The zero-order chi connectivity index (χ0) is 24.2. The van der Waals surface area contributed by atoms with Crippen molar-refractivity contribution < 1.29 is 14.3 Å². The van der Waals surface area contributed by atoms with Gasteiger partial charge in [0.25, 0.3) is 5.91 Å². The summed E-state index contributed by atoms with van der Waals surface area (Å²) in [7, 11) is 0. The van der Waals surface area contributed by atoms with Crippen LogP contribution >= 0.6 is 0 Å². The number of hydrogen-bond donors (Lipinski definition) is 0. The molecule has 7 heteroatoms. The van der Waals surface area contributed by atoms with Gasteiger partial charge in [0, 0.05) is 50.1 Å². The Morgan fingerprint density at radius 2 is 1.60 bits per heavy atom. The molecule has 0 atom stereocenters. The Morgan fingerprint density at radius 3 is 2.31 bits per heavy atom. The van der Waals surface area contributed by atoms with Crippen molar-refractivity contribution >= 4 is 17.5 Å². The number of aromatic nitrogens is 2. The molecule has 0 aliphatic carbocycles. The van der Waals surface area contributed by atoms with E-state index in [1.165, 1.54) is 18.4 Å². The Morgan fingerprint density at radius 1 is 0.886 bits per heavy atom. The number of hydrogen-bond acceptors (Lipinski definition) is 4. The lowest BCUT2D eigenvalue weighted by molar-refractivity contribution is -0.136. The lowest BCUT2D eigenvalue weighted by Gasteiger charge is -2.34. The van der Waals surface area contributed by atoms with Crippen LogP contribution in [-0.4, -0.2) is 57.2 Å². The third-order valence-corrected chi connectivity index (χ3v) is 7.19. The second-order valence-electron chi connectivity index (χ2n) is 9.82. The molecule has 2 amide bonds. The van der Waals surface area contributed by atoms with E-state index in [0.717, 1.165) is 50.1 Å². The Bertz CT molecular complexity index is 1170. The number of carbonyl (C=O) groups is 2. The van der Waals surface area contributed by atoms with Gasteiger partial charge < -0.3 is 18.9 Å². The fourth-order valence-electron chi connectivity index (χ4n) is 5.14. The molecule has 3 aromatic rings. The van der Waals surface area contributed by atoms with Crippen molar-refractivity contribution in [3.05, 3.63) is 65.6 Å². The first-order valence-electron chi connectivity index (χ1n) is 12.8. The summed E-state index contributed by atoms with van der Waals surface area (Å²) < 4.78 is 7.90. The Labute approximate surface area is 206 Å². The van der Waals surface area contributed by atoms with Gasteiger partial charge in [0.15, 0.2) is 0 Å². The van der Waals surface area contributed by atoms with Crippen molar-refractivity contribution in [1.82, 2.24) is 19.2 Å². The van der Waals surface area contributed by atoms with Crippen LogP contribution in [0.15, 0.2) is 48.8 Å². The fourth-order valence-corrected chi connectivity index (χ4v) is 5.14. The first kappa shape index (κ1) is 23.4. The number of rotatable bonds is 5. The second-order valence-corrected chi connectivity index (χ2v) is 9.82. The Hall–Kier alpha value is -3.35. The zero-order valence-corrected chi connectivity index (χ0v) is 20.5. The Balaban J connectivity index is 1.12. The highest BCUT2D eigenvalue weighted by Crippen LogP contribution is 2.24. The third-order valence-electron chi connectivity index (χ3n) is 7.19. The Kier molecular flexibility index (Phi) is 7.02. The molecule has 0 unspecified atom stereocenters. The van der Waals surface area contributed by atoms with E-state index in [1.54, 1.807) is 0 Å². The topological polar surface area (TPSA) is 67.2 Å². The summed E-state index contributed by atoms with van der Waals surface area (Å²) in [5, 5.41) is 0. The van der Waals surface area contributed by atoms with Gasteiger partial charge in [-0.3, -0.25) is 9.59 Å². The van der Waals surface area contributed by atoms with Crippen LogP contribution in [0.3, 0.4) is 0 Å². The zero-order valence-electron chi connectivity index (χ0n) is 20.5. The van der Waals surface area contributed by atoms with E-state index >= 15 is 0 Å². The molecule has 5 rings (SSSR count). The van der Waals surface area contributed by atoms with E-state index in [4.69, 9.17) is 4.74 Å². The number of fused-ring (bicyclic) bond motifs is 1. The largest absolute Gasteiger partial charge is 0.487 e. The predicted octanol–water partition coefficient (Wildman–Crippen LogP) is 4.48. The van der Waals surface area contributed by atoms with E-state index in [1.807, 2.05) is 58.1 Å². The van der Waals surface area contributed by atoms with Crippen molar-refractivity contribution in [2.75, 3.05) is 26.2 Å². The van der Waals surface area contributed by atoms with Crippen LogP contribution in [-0.2, 0) is 11.4 Å². The van der Waals surface area contributed by atoms with Crippen molar-refractivity contribution in [3.63, 3.8) is 0 Å². The van der Waals surface area contributed by atoms with Crippen LogP contribution in [0.1, 0.15) is 60.1 Å². The molecule has 184 valence electrons. The number of amides is 2. The molecule has 4 heterocycles. The quantitative estimate of drug-likeness (QED) is 0.547. The number of aryl methyl sites for hydroxylation is 1. The number of imidazole rings is 1. The predicted molar refractivity (Wildman–Crippen MR) is 134 cm³/mol. The smallest absolute Gasteiger partial charge is 0.253 e. The summed E-state index contributed by atoms with van der Waals surface area (Å²) >= 11 is 0. The normalized spacial score (nSPS) is 17.4. The van der Waals surface area contributed by atoms with Crippen LogP contribution in [0.5, 0.6) is 5.75 Å². The highest BCUT2D eigenvalue weighted by Gasteiger charge is 2.30. The van der Waals surface area contributed by atoms with Gasteiger partial charge in [-0.05, 0) is 68.5 Å². The molecule has 35 heavy (non-hydrogen) atoms. The molecule has 2 saturated heterocycles. The number of piperidine rings is 1. The molecular weight excluding hydrogens is 440 g/mol. The maximum Gasteiger partial charge on any atom is 0.253 e. The lowest BCUT2D eigenvalue weighted by Crippen LogP contribution is -2.44. The summed E-state index contributed by atoms with van der Waals surface area (Å²) in [6, 6.07) is 11.3. The van der Waals surface area contributed by atoms with Gasteiger partial charge in [-0.25, -0.2) is 4.98 Å². The molecule has 7 nitrogen and oxygen atoms in total. The summed E-state index contributed by atoms with van der Waals surface area (Å²) in [5.41, 5.74) is 3.58. The van der Waals surface area contributed by atoms with Crippen LogP contribution in [0, 0.1) is 12.8 Å². The molecular formula is C28H34N4O3. The summed E-state index contributed by atoms with van der Waals surface area (Å²) in [4.78, 5) is 34.5. The number of nitrogens with zero attached hydrogens (tertiary/aromatic N) is 4. The van der Waals surface area contributed by atoms with Crippen molar-refractivity contribution in [2.24, 2.45) is 5.92 Å². The maximum absolute atomic E-state index is 13.0. The minimum absolute atomic E-state index is 0.0212. The van der Waals surface area contributed by atoms with E-state index < -0.39 is 0 Å². The van der Waals surface area contributed by atoms with Gasteiger partial charge in [-0.1, -0.05) is 18.9 Å². The lowest BCUT2D eigenvalue weighted by atomic mass is 9.94. The van der Waals surface area contributed by atoms with Gasteiger partial charge in [-0.15, -0.1) is 0 Å². The average molecular weight is 475 g/mol. The SMILES string of the molecule is Cc1ccc2nc(COc3ccc(C(=O)N4CCC(C(=O)N5CCCCCC5)CC4)cc3)cn2c1. The molecule has 2 aromatic heterocycles. The molecule has 0 bridgehead atoms. The van der Waals surface area contributed by atoms with Gasteiger partial charge in [0.2, 0.25) is 5.91 Å². The molecule has 0 spiro atoms. The summed E-state index contributed by atoms with van der Waals surface area (Å²) in [6.45, 7) is 5.47. The van der Waals surface area contributed by atoms with E-state index in [0.29, 0.717) is 36.9 Å². The molecule has 2 aliphatic rings. The summed E-state index contributed by atoms with van der Waals surface area (Å²) in [5.74, 6) is 1.07. The minimum Gasteiger partial charge on any atom is -0.487 e. The minimum atomic E-state index is 0.0212. The third kappa shape index (κ3) is 5.50. The first-order valence-corrected chi connectivity index (χ1v) is 12.8. The van der Waals surface area contributed by atoms with Gasteiger partial charge in [-0.2, -0.15) is 0 Å². The number of benzene rings is 1. The summed E-state index contributed by atoms with van der Waals surface area (Å²) in [6.07, 6.45) is 10.2. The van der Waals surface area contributed by atoms with Gasteiger partial charge in [0.1, 0.15) is 18.0 Å². The second kappa shape index (κ2) is 10.5. The molecule has 1 aromatic carbocycles. The van der Waals surface area contributed by atoms with Crippen molar-refractivity contribution in [3.8, 4) is 5.75 Å². The molecule has 2 aliphatic heterocycles. The van der Waals surface area contributed by atoms with Crippen LogP contribution in [0.4, 0.5) is 0 Å². The van der Waals surface area contributed by atoms with Crippen LogP contribution in [0.2, 0.25) is 0 Å². The van der Waals surface area contributed by atoms with E-state index in [9.17, 15) is 9.59 Å². The number of pyridine rings is 1. The number of carbonyl (C=O) groups excluding carboxylic acids is 2. The maximum atomic E-state index is 13.0. The fraction of sp³-hybridized carbons (Fsp3) is 0.464.